The molecule has 0 saturated carbocycles. The minimum Gasteiger partial charge on any atom is -0.316 e. The second-order valence-electron chi connectivity index (χ2n) is 4.20. The molecular weight excluding hydrogens is 186 g/mol. The molecule has 0 amide bonds. The summed E-state index contributed by atoms with van der Waals surface area (Å²) in [6.07, 6.45) is 1.94. The maximum absolute atomic E-state index is 4.44. The summed E-state index contributed by atoms with van der Waals surface area (Å²) in [4.78, 5) is 6.72. The molecule has 0 unspecified atom stereocenters. The van der Waals surface area contributed by atoms with Crippen molar-refractivity contribution < 1.29 is 0 Å². The molecule has 3 nitrogen and oxygen atoms in total. The molecule has 0 spiro atoms. The number of hydrogen-bond acceptors (Lipinski definition) is 3. The van der Waals surface area contributed by atoms with Crippen molar-refractivity contribution in [2.45, 2.75) is 33.0 Å². The molecule has 3 heteroatoms. The number of hydrogen-bond donors (Lipinski definition) is 1. The van der Waals surface area contributed by atoms with Gasteiger partial charge in [-0.15, -0.1) is 0 Å². The predicted octanol–water partition coefficient (Wildman–Crippen LogP) is 1.64. The molecular formula is C12H21N3. The minimum absolute atomic E-state index is 0.559. The Morgan fingerprint density at radius 2 is 2.13 bits per heavy atom. The van der Waals surface area contributed by atoms with E-state index >= 15 is 0 Å². The number of aromatic nitrogens is 1. The normalized spacial score (nSPS) is 11.3. The average molecular weight is 207 g/mol. The van der Waals surface area contributed by atoms with Crippen LogP contribution in [0.1, 0.15) is 25.1 Å². The minimum atomic E-state index is 0.559. The van der Waals surface area contributed by atoms with Gasteiger partial charge in [0.2, 0.25) is 0 Å². The quantitative estimate of drug-likeness (QED) is 0.795. The lowest BCUT2D eigenvalue weighted by atomic mass is 10.2. The van der Waals surface area contributed by atoms with E-state index in [-0.39, 0.29) is 0 Å². The standard InChI is InChI=1S/C12H21N3/c1-10(2)15(4)9-12-6-5-11(7-13-3)8-14-12/h5-6,8,10,13H,7,9H2,1-4H3. The first-order valence-electron chi connectivity index (χ1n) is 5.42. The van der Waals surface area contributed by atoms with Crippen LogP contribution in [-0.4, -0.2) is 30.0 Å². The van der Waals surface area contributed by atoms with Gasteiger partial charge in [0.25, 0.3) is 0 Å². The number of pyridine rings is 1. The van der Waals surface area contributed by atoms with Crippen LogP contribution >= 0.6 is 0 Å². The molecule has 0 saturated heterocycles. The molecule has 0 aliphatic rings. The van der Waals surface area contributed by atoms with Gasteiger partial charge < -0.3 is 5.32 Å². The summed E-state index contributed by atoms with van der Waals surface area (Å²) in [5, 5.41) is 3.11. The average Bonchev–Trinajstić information content (AvgIpc) is 2.21. The van der Waals surface area contributed by atoms with Gasteiger partial charge in [0.05, 0.1) is 5.69 Å². The summed E-state index contributed by atoms with van der Waals surface area (Å²) >= 11 is 0. The highest BCUT2D eigenvalue weighted by molar-refractivity contribution is 5.13. The van der Waals surface area contributed by atoms with Crippen molar-refractivity contribution in [3.05, 3.63) is 29.6 Å². The van der Waals surface area contributed by atoms with Crippen molar-refractivity contribution in [1.29, 1.82) is 0 Å². The fourth-order valence-corrected chi connectivity index (χ4v) is 1.30. The van der Waals surface area contributed by atoms with Crippen LogP contribution < -0.4 is 5.32 Å². The zero-order chi connectivity index (χ0) is 11.3. The smallest absolute Gasteiger partial charge is 0.0544 e. The molecule has 15 heavy (non-hydrogen) atoms. The Morgan fingerprint density at radius 3 is 2.60 bits per heavy atom. The summed E-state index contributed by atoms with van der Waals surface area (Å²) in [6, 6.07) is 4.79. The van der Waals surface area contributed by atoms with E-state index in [0.717, 1.165) is 18.8 Å². The van der Waals surface area contributed by atoms with Gasteiger partial charge in [-0.2, -0.15) is 0 Å². The van der Waals surface area contributed by atoms with Crippen LogP contribution in [0.2, 0.25) is 0 Å². The first-order valence-corrected chi connectivity index (χ1v) is 5.42. The van der Waals surface area contributed by atoms with Gasteiger partial charge in [0, 0.05) is 25.3 Å². The van der Waals surface area contributed by atoms with E-state index in [4.69, 9.17) is 0 Å². The monoisotopic (exact) mass is 207 g/mol. The molecule has 0 radical (unpaired) electrons. The highest BCUT2D eigenvalue weighted by Gasteiger charge is 2.04. The van der Waals surface area contributed by atoms with E-state index in [2.05, 4.69) is 48.2 Å². The Hall–Kier alpha value is -0.930. The largest absolute Gasteiger partial charge is 0.316 e. The third-order valence-corrected chi connectivity index (χ3v) is 2.56. The molecule has 0 atom stereocenters. The van der Waals surface area contributed by atoms with Gasteiger partial charge in [-0.1, -0.05) is 6.07 Å². The van der Waals surface area contributed by atoms with Gasteiger partial charge in [0.15, 0.2) is 0 Å². The lowest BCUT2D eigenvalue weighted by molar-refractivity contribution is 0.262. The lowest BCUT2D eigenvalue weighted by Crippen LogP contribution is -2.26. The van der Waals surface area contributed by atoms with Gasteiger partial charge in [-0.25, -0.2) is 0 Å². The van der Waals surface area contributed by atoms with Crippen molar-refractivity contribution in [3.63, 3.8) is 0 Å². The van der Waals surface area contributed by atoms with E-state index in [0.29, 0.717) is 6.04 Å². The van der Waals surface area contributed by atoms with Crippen molar-refractivity contribution >= 4 is 0 Å². The number of nitrogens with one attached hydrogen (secondary N) is 1. The van der Waals surface area contributed by atoms with Gasteiger partial charge in [-0.3, -0.25) is 9.88 Å². The van der Waals surface area contributed by atoms with Crippen LogP contribution in [0.5, 0.6) is 0 Å². The summed E-state index contributed by atoms with van der Waals surface area (Å²) < 4.78 is 0. The fraction of sp³-hybridized carbons (Fsp3) is 0.583. The maximum Gasteiger partial charge on any atom is 0.0544 e. The van der Waals surface area contributed by atoms with Crippen LogP contribution in [0.25, 0.3) is 0 Å². The predicted molar refractivity (Wildman–Crippen MR) is 63.6 cm³/mol. The van der Waals surface area contributed by atoms with Crippen molar-refractivity contribution in [1.82, 2.24) is 15.2 Å². The van der Waals surface area contributed by atoms with Crippen molar-refractivity contribution in [2.24, 2.45) is 0 Å². The Labute approximate surface area is 92.5 Å². The van der Waals surface area contributed by atoms with Gasteiger partial charge in [0.1, 0.15) is 0 Å². The SMILES string of the molecule is CNCc1ccc(CN(C)C(C)C)nc1. The maximum atomic E-state index is 4.44. The molecule has 0 bridgehead atoms. The molecule has 0 fully saturated rings. The Bertz CT molecular complexity index is 279. The highest BCUT2D eigenvalue weighted by Crippen LogP contribution is 2.04. The Morgan fingerprint density at radius 1 is 1.40 bits per heavy atom. The van der Waals surface area contributed by atoms with E-state index in [1.807, 2.05) is 13.2 Å². The van der Waals surface area contributed by atoms with Crippen molar-refractivity contribution in [2.75, 3.05) is 14.1 Å². The van der Waals surface area contributed by atoms with E-state index in [9.17, 15) is 0 Å². The molecule has 84 valence electrons. The second kappa shape index (κ2) is 5.83. The topological polar surface area (TPSA) is 28.2 Å². The molecule has 1 aromatic heterocycles. The summed E-state index contributed by atoms with van der Waals surface area (Å²) in [5.41, 5.74) is 2.36. The fourth-order valence-electron chi connectivity index (χ4n) is 1.30. The molecule has 1 heterocycles. The Balaban J connectivity index is 2.56. The zero-order valence-electron chi connectivity index (χ0n) is 10.1. The molecule has 1 aromatic rings. The zero-order valence-corrected chi connectivity index (χ0v) is 10.1. The second-order valence-corrected chi connectivity index (χ2v) is 4.20. The first-order chi connectivity index (χ1) is 7.13. The third-order valence-electron chi connectivity index (χ3n) is 2.56. The van der Waals surface area contributed by atoms with Crippen LogP contribution in [0.15, 0.2) is 18.3 Å². The molecule has 0 aliphatic carbocycles. The summed E-state index contributed by atoms with van der Waals surface area (Å²) in [7, 11) is 4.06. The number of nitrogens with zero attached hydrogens (tertiary/aromatic N) is 2. The molecule has 0 aliphatic heterocycles. The lowest BCUT2D eigenvalue weighted by Gasteiger charge is -2.20. The summed E-state index contributed by atoms with van der Waals surface area (Å²) in [5.74, 6) is 0. The van der Waals surface area contributed by atoms with E-state index < -0.39 is 0 Å². The van der Waals surface area contributed by atoms with Crippen LogP contribution in [0, 0.1) is 0 Å². The summed E-state index contributed by atoms with van der Waals surface area (Å²) in [6.45, 7) is 6.18. The number of rotatable bonds is 5. The van der Waals surface area contributed by atoms with Crippen LogP contribution in [0.4, 0.5) is 0 Å². The molecule has 0 aromatic carbocycles. The highest BCUT2D eigenvalue weighted by atomic mass is 15.1. The van der Waals surface area contributed by atoms with Crippen LogP contribution in [0.3, 0.4) is 0 Å². The first kappa shape index (κ1) is 12.1. The van der Waals surface area contributed by atoms with Gasteiger partial charge >= 0.3 is 0 Å². The molecule has 1 rings (SSSR count). The van der Waals surface area contributed by atoms with E-state index in [1.54, 1.807) is 0 Å². The third kappa shape index (κ3) is 3.98. The van der Waals surface area contributed by atoms with E-state index in [1.165, 1.54) is 5.56 Å². The van der Waals surface area contributed by atoms with Crippen molar-refractivity contribution in [3.8, 4) is 0 Å². The molecule has 1 N–H and O–H groups in total. The van der Waals surface area contributed by atoms with Gasteiger partial charge in [-0.05, 0) is 39.6 Å². The van der Waals surface area contributed by atoms with Crippen LogP contribution in [-0.2, 0) is 13.1 Å². The Kier molecular flexibility index (Phi) is 4.72.